The lowest BCUT2D eigenvalue weighted by Crippen LogP contribution is -2.15. The van der Waals surface area contributed by atoms with Gasteiger partial charge in [-0.15, -0.1) is 11.3 Å². The highest BCUT2D eigenvalue weighted by Gasteiger charge is 2.36. The summed E-state index contributed by atoms with van der Waals surface area (Å²) < 4.78 is 39.0. The average Bonchev–Trinajstić information content (AvgIpc) is 2.91. The molecule has 0 atom stereocenters. The van der Waals surface area contributed by atoms with Gasteiger partial charge in [-0.3, -0.25) is 4.79 Å². The number of alkyl halides is 3. The van der Waals surface area contributed by atoms with Crippen LogP contribution in [0.2, 0.25) is 10.0 Å². The molecule has 3 aromatic rings. The Morgan fingerprint density at radius 1 is 1.09 bits per heavy atom. The summed E-state index contributed by atoms with van der Waals surface area (Å²) in [5, 5.41) is 1.95. The van der Waals surface area contributed by atoms with E-state index >= 15 is 0 Å². The molecule has 9 heteroatoms. The molecular weight excluding hydrogens is 372 g/mol. The van der Waals surface area contributed by atoms with Crippen molar-refractivity contribution in [3.63, 3.8) is 0 Å². The van der Waals surface area contributed by atoms with Crippen molar-refractivity contribution in [2.24, 2.45) is 0 Å². The molecule has 0 radical (unpaired) electrons. The Kier molecular flexibility index (Phi) is 4.03. The number of carbonyl (C=O) groups excluding carboxylic acids is 1. The van der Waals surface area contributed by atoms with E-state index in [4.69, 9.17) is 23.2 Å². The second-order valence-corrected chi connectivity index (χ2v) is 6.30. The third kappa shape index (κ3) is 3.17. The molecule has 0 amide bonds. The first kappa shape index (κ1) is 16.2. The van der Waals surface area contributed by atoms with E-state index in [-0.39, 0.29) is 31.5 Å². The number of rotatable bonds is 2. The smallest absolute Gasteiger partial charge is 0.287 e. The molecule has 2 heterocycles. The maximum Gasteiger partial charge on any atom is 0.451 e. The maximum absolute atomic E-state index is 12.9. The molecule has 0 spiro atoms. The summed E-state index contributed by atoms with van der Waals surface area (Å²) in [6.07, 6.45) is -4.75. The third-order valence-corrected chi connectivity index (χ3v) is 4.24. The van der Waals surface area contributed by atoms with E-state index in [1.807, 2.05) is 0 Å². The monoisotopic (exact) mass is 376 g/mol. The minimum absolute atomic E-state index is 0.0593. The predicted molar refractivity (Wildman–Crippen MR) is 82.3 cm³/mol. The van der Waals surface area contributed by atoms with Crippen LogP contribution in [0.5, 0.6) is 0 Å². The Morgan fingerprint density at radius 2 is 1.74 bits per heavy atom. The minimum Gasteiger partial charge on any atom is -0.287 e. The SMILES string of the molecule is O=C(c1cc(Cl)cc(Cl)c1)c1nc(C(F)(F)F)nc2ccsc12. The van der Waals surface area contributed by atoms with Crippen molar-refractivity contribution in [3.8, 4) is 0 Å². The summed E-state index contributed by atoms with van der Waals surface area (Å²) in [6, 6.07) is 5.47. The fourth-order valence-corrected chi connectivity index (χ4v) is 3.31. The zero-order chi connectivity index (χ0) is 16.8. The first-order chi connectivity index (χ1) is 10.8. The number of carbonyl (C=O) groups is 1. The lowest BCUT2D eigenvalue weighted by molar-refractivity contribution is -0.144. The largest absolute Gasteiger partial charge is 0.451 e. The molecule has 0 saturated heterocycles. The zero-order valence-corrected chi connectivity index (χ0v) is 13.3. The van der Waals surface area contributed by atoms with Crippen molar-refractivity contribution in [1.29, 1.82) is 0 Å². The van der Waals surface area contributed by atoms with Crippen LogP contribution in [0.25, 0.3) is 10.2 Å². The average molecular weight is 377 g/mol. The van der Waals surface area contributed by atoms with Gasteiger partial charge in [-0.05, 0) is 29.6 Å². The Bertz CT molecular complexity index is 904. The van der Waals surface area contributed by atoms with Gasteiger partial charge in [-0.25, -0.2) is 9.97 Å². The molecule has 0 fully saturated rings. The van der Waals surface area contributed by atoms with Crippen LogP contribution in [0.1, 0.15) is 21.9 Å². The highest BCUT2D eigenvalue weighted by Crippen LogP contribution is 2.32. The van der Waals surface area contributed by atoms with Gasteiger partial charge in [0.15, 0.2) is 0 Å². The molecule has 0 aliphatic heterocycles. The first-order valence-electron chi connectivity index (χ1n) is 6.09. The fourth-order valence-electron chi connectivity index (χ4n) is 1.97. The molecule has 2 aromatic heterocycles. The van der Waals surface area contributed by atoms with E-state index in [1.165, 1.54) is 24.3 Å². The van der Waals surface area contributed by atoms with Gasteiger partial charge in [0.05, 0.1) is 10.2 Å². The Balaban J connectivity index is 2.21. The van der Waals surface area contributed by atoms with Crippen molar-refractivity contribution < 1.29 is 18.0 Å². The van der Waals surface area contributed by atoms with Crippen molar-refractivity contribution in [2.75, 3.05) is 0 Å². The molecule has 0 unspecified atom stereocenters. The van der Waals surface area contributed by atoms with Crippen LogP contribution < -0.4 is 0 Å². The minimum atomic E-state index is -4.75. The van der Waals surface area contributed by atoms with Gasteiger partial charge in [0.25, 0.3) is 0 Å². The second kappa shape index (κ2) is 5.74. The Hall–Kier alpha value is -1.70. The van der Waals surface area contributed by atoms with Crippen LogP contribution >= 0.6 is 34.5 Å². The fraction of sp³-hybridized carbons (Fsp3) is 0.0714. The number of fused-ring (bicyclic) bond motifs is 1. The van der Waals surface area contributed by atoms with Crippen LogP contribution in [0.4, 0.5) is 13.2 Å². The van der Waals surface area contributed by atoms with Crippen molar-refractivity contribution in [2.45, 2.75) is 6.18 Å². The summed E-state index contributed by atoms with van der Waals surface area (Å²) in [5.74, 6) is -2.06. The van der Waals surface area contributed by atoms with E-state index in [0.29, 0.717) is 0 Å². The normalized spacial score (nSPS) is 11.9. The summed E-state index contributed by atoms with van der Waals surface area (Å²) in [6.45, 7) is 0. The van der Waals surface area contributed by atoms with Crippen molar-refractivity contribution >= 4 is 50.5 Å². The van der Waals surface area contributed by atoms with Crippen LogP contribution in [0.3, 0.4) is 0 Å². The van der Waals surface area contributed by atoms with E-state index < -0.39 is 17.8 Å². The summed E-state index contributed by atoms with van der Waals surface area (Å²) in [4.78, 5) is 19.4. The van der Waals surface area contributed by atoms with Crippen LogP contribution in [-0.2, 0) is 6.18 Å². The quantitative estimate of drug-likeness (QED) is 0.573. The molecule has 0 aliphatic rings. The number of halogens is 5. The molecule has 0 N–H and O–H groups in total. The number of thiophene rings is 1. The number of hydrogen-bond donors (Lipinski definition) is 0. The van der Waals surface area contributed by atoms with Gasteiger partial charge in [0, 0.05) is 15.6 Å². The molecule has 0 aliphatic carbocycles. The van der Waals surface area contributed by atoms with E-state index in [0.717, 1.165) is 11.3 Å². The standard InChI is InChI=1S/C14H5Cl2F3N2OS/c15-7-3-6(4-8(16)5-7)11(22)10-12-9(1-2-23-12)20-13(21-10)14(17,18)19/h1-5H. The highest BCUT2D eigenvalue weighted by molar-refractivity contribution is 7.17. The van der Waals surface area contributed by atoms with E-state index in [9.17, 15) is 18.0 Å². The van der Waals surface area contributed by atoms with Crippen molar-refractivity contribution in [3.05, 3.63) is 56.8 Å². The van der Waals surface area contributed by atoms with Gasteiger partial charge in [0.1, 0.15) is 5.69 Å². The Labute approximate surface area is 141 Å². The van der Waals surface area contributed by atoms with E-state index in [2.05, 4.69) is 9.97 Å². The van der Waals surface area contributed by atoms with Gasteiger partial charge in [-0.2, -0.15) is 13.2 Å². The third-order valence-electron chi connectivity index (χ3n) is 2.90. The van der Waals surface area contributed by atoms with Gasteiger partial charge >= 0.3 is 6.18 Å². The topological polar surface area (TPSA) is 42.9 Å². The summed E-state index contributed by atoms with van der Waals surface area (Å²) >= 11 is 12.8. The van der Waals surface area contributed by atoms with Crippen LogP contribution in [-0.4, -0.2) is 15.8 Å². The molecule has 0 bridgehead atoms. The van der Waals surface area contributed by atoms with Crippen LogP contribution in [0, 0.1) is 0 Å². The molecule has 0 saturated carbocycles. The molecular formula is C14H5Cl2F3N2OS. The predicted octanol–water partition coefficient (Wildman–Crippen LogP) is 5.25. The number of hydrogen-bond acceptors (Lipinski definition) is 4. The summed E-state index contributed by atoms with van der Waals surface area (Å²) in [5.41, 5.74) is -0.200. The van der Waals surface area contributed by atoms with Gasteiger partial charge in [-0.1, -0.05) is 23.2 Å². The molecule has 3 rings (SSSR count). The van der Waals surface area contributed by atoms with Gasteiger partial charge < -0.3 is 0 Å². The number of aromatic nitrogens is 2. The maximum atomic E-state index is 12.9. The molecule has 23 heavy (non-hydrogen) atoms. The van der Waals surface area contributed by atoms with E-state index in [1.54, 1.807) is 5.38 Å². The molecule has 3 nitrogen and oxygen atoms in total. The van der Waals surface area contributed by atoms with Crippen LogP contribution in [0.15, 0.2) is 29.6 Å². The lowest BCUT2D eigenvalue weighted by atomic mass is 10.1. The number of benzene rings is 1. The van der Waals surface area contributed by atoms with Crippen molar-refractivity contribution in [1.82, 2.24) is 9.97 Å². The molecule has 118 valence electrons. The zero-order valence-electron chi connectivity index (χ0n) is 11.0. The lowest BCUT2D eigenvalue weighted by Gasteiger charge is -2.08. The van der Waals surface area contributed by atoms with Gasteiger partial charge in [0.2, 0.25) is 11.6 Å². The molecule has 1 aromatic carbocycles. The highest BCUT2D eigenvalue weighted by atomic mass is 35.5. The number of nitrogens with zero attached hydrogens (tertiary/aromatic N) is 2. The summed E-state index contributed by atoms with van der Waals surface area (Å²) in [7, 11) is 0. The Morgan fingerprint density at radius 3 is 2.35 bits per heavy atom. The first-order valence-corrected chi connectivity index (χ1v) is 7.72. The second-order valence-electron chi connectivity index (χ2n) is 4.52. The number of ketones is 1.